The van der Waals surface area contributed by atoms with Crippen LogP contribution in [0.4, 0.5) is 0 Å². The lowest BCUT2D eigenvalue weighted by molar-refractivity contribution is 0.318. The Kier molecular flexibility index (Phi) is 2.91. The highest BCUT2D eigenvalue weighted by molar-refractivity contribution is 6.17. The molecule has 0 saturated heterocycles. The van der Waals surface area contributed by atoms with Crippen LogP contribution >= 0.6 is 11.6 Å². The standard InChI is InChI=1S/C9H10ClN3O2/c10-2-1-3-15-7-4-8-9(14)11-6-12-13(8)5-7/h4-6H,1-3H2,(H,11,12,14). The summed E-state index contributed by atoms with van der Waals surface area (Å²) in [5.74, 6) is 1.19. The second kappa shape index (κ2) is 4.35. The molecular formula is C9H10ClN3O2. The zero-order chi connectivity index (χ0) is 10.7. The first-order valence-electron chi connectivity index (χ1n) is 4.56. The van der Waals surface area contributed by atoms with Crippen LogP contribution < -0.4 is 10.3 Å². The Morgan fingerprint density at radius 1 is 1.60 bits per heavy atom. The average Bonchev–Trinajstić information content (AvgIpc) is 2.63. The molecule has 0 unspecified atom stereocenters. The van der Waals surface area contributed by atoms with Crippen molar-refractivity contribution in [3.8, 4) is 5.75 Å². The minimum Gasteiger partial charge on any atom is -0.492 e. The number of rotatable bonds is 4. The van der Waals surface area contributed by atoms with E-state index in [1.165, 1.54) is 10.8 Å². The summed E-state index contributed by atoms with van der Waals surface area (Å²) in [5, 5.41) is 3.95. The summed E-state index contributed by atoms with van der Waals surface area (Å²) in [4.78, 5) is 13.8. The molecule has 2 aromatic rings. The molecule has 0 aliphatic heterocycles. The number of halogens is 1. The monoisotopic (exact) mass is 227 g/mol. The fourth-order valence-electron chi connectivity index (χ4n) is 1.24. The van der Waals surface area contributed by atoms with Crippen LogP contribution in [0.1, 0.15) is 6.42 Å². The van der Waals surface area contributed by atoms with Crippen LogP contribution in [0.3, 0.4) is 0 Å². The molecule has 0 amide bonds. The van der Waals surface area contributed by atoms with E-state index in [0.717, 1.165) is 6.42 Å². The van der Waals surface area contributed by atoms with Crippen molar-refractivity contribution in [2.75, 3.05) is 12.5 Å². The molecule has 0 aromatic carbocycles. The van der Waals surface area contributed by atoms with Crippen LogP contribution in [-0.4, -0.2) is 27.1 Å². The molecule has 0 saturated carbocycles. The zero-order valence-corrected chi connectivity index (χ0v) is 8.70. The summed E-state index contributed by atoms with van der Waals surface area (Å²) in [5.41, 5.74) is 0.288. The van der Waals surface area contributed by atoms with Gasteiger partial charge in [0.2, 0.25) is 0 Å². The van der Waals surface area contributed by atoms with Crippen molar-refractivity contribution < 1.29 is 4.74 Å². The summed E-state index contributed by atoms with van der Waals surface area (Å²) in [6.07, 6.45) is 3.79. The van der Waals surface area contributed by atoms with E-state index >= 15 is 0 Å². The van der Waals surface area contributed by atoms with Gasteiger partial charge in [-0.25, -0.2) is 4.52 Å². The molecule has 0 bridgehead atoms. The molecule has 0 fully saturated rings. The van der Waals surface area contributed by atoms with Gasteiger partial charge in [-0.2, -0.15) is 5.10 Å². The number of hydrogen-bond donors (Lipinski definition) is 1. The molecule has 0 aliphatic rings. The molecule has 0 aliphatic carbocycles. The Balaban J connectivity index is 2.24. The van der Waals surface area contributed by atoms with E-state index in [1.807, 2.05) is 0 Å². The maximum atomic E-state index is 11.3. The zero-order valence-electron chi connectivity index (χ0n) is 7.94. The number of hydrogen-bond acceptors (Lipinski definition) is 3. The van der Waals surface area contributed by atoms with Gasteiger partial charge in [0, 0.05) is 11.9 Å². The average molecular weight is 228 g/mol. The second-order valence-electron chi connectivity index (χ2n) is 3.01. The number of H-pyrrole nitrogens is 1. The van der Waals surface area contributed by atoms with Crippen LogP contribution in [0.25, 0.3) is 5.52 Å². The van der Waals surface area contributed by atoms with Crippen LogP contribution in [0.5, 0.6) is 5.75 Å². The number of nitrogens with zero attached hydrogens (tertiary/aromatic N) is 2. The van der Waals surface area contributed by atoms with Gasteiger partial charge in [0.05, 0.1) is 12.8 Å². The summed E-state index contributed by atoms with van der Waals surface area (Å²) in [7, 11) is 0. The van der Waals surface area contributed by atoms with Gasteiger partial charge in [0.25, 0.3) is 5.56 Å². The van der Waals surface area contributed by atoms with Gasteiger partial charge < -0.3 is 9.72 Å². The first-order chi connectivity index (χ1) is 7.31. The molecule has 15 heavy (non-hydrogen) atoms. The summed E-state index contributed by atoms with van der Waals surface area (Å²) in [6.45, 7) is 0.540. The van der Waals surface area contributed by atoms with Gasteiger partial charge in [-0.1, -0.05) is 0 Å². The van der Waals surface area contributed by atoms with Crippen molar-refractivity contribution in [1.29, 1.82) is 0 Å². The summed E-state index contributed by atoms with van der Waals surface area (Å²) >= 11 is 5.52. The van der Waals surface area contributed by atoms with Crippen LogP contribution in [0.2, 0.25) is 0 Å². The lowest BCUT2D eigenvalue weighted by Gasteiger charge is -1.99. The number of ether oxygens (including phenoxy) is 1. The largest absolute Gasteiger partial charge is 0.492 e. The van der Waals surface area contributed by atoms with Crippen LogP contribution in [0, 0.1) is 0 Å². The van der Waals surface area contributed by atoms with Crippen molar-refractivity contribution in [2.24, 2.45) is 0 Å². The van der Waals surface area contributed by atoms with Crippen LogP contribution in [0.15, 0.2) is 23.4 Å². The third-order valence-electron chi connectivity index (χ3n) is 1.93. The number of nitrogens with one attached hydrogen (secondary N) is 1. The molecule has 0 atom stereocenters. The van der Waals surface area contributed by atoms with Gasteiger partial charge in [-0.3, -0.25) is 4.79 Å². The van der Waals surface area contributed by atoms with Gasteiger partial charge >= 0.3 is 0 Å². The Bertz CT molecular complexity index is 505. The van der Waals surface area contributed by atoms with E-state index in [-0.39, 0.29) is 5.56 Å². The Morgan fingerprint density at radius 3 is 3.20 bits per heavy atom. The highest BCUT2D eigenvalue weighted by Gasteiger charge is 2.03. The highest BCUT2D eigenvalue weighted by Crippen LogP contribution is 2.13. The quantitative estimate of drug-likeness (QED) is 0.627. The lowest BCUT2D eigenvalue weighted by Crippen LogP contribution is -2.09. The van der Waals surface area contributed by atoms with Crippen molar-refractivity contribution >= 4 is 17.1 Å². The Morgan fingerprint density at radius 2 is 2.47 bits per heavy atom. The molecule has 6 heteroatoms. The molecule has 1 N–H and O–H groups in total. The Hall–Kier alpha value is -1.49. The van der Waals surface area contributed by atoms with Crippen molar-refractivity contribution in [2.45, 2.75) is 6.42 Å². The third kappa shape index (κ3) is 2.12. The van der Waals surface area contributed by atoms with Gasteiger partial charge in [0.1, 0.15) is 17.6 Å². The number of fused-ring (bicyclic) bond motifs is 1. The molecule has 5 nitrogen and oxygen atoms in total. The maximum Gasteiger partial charge on any atom is 0.275 e. The van der Waals surface area contributed by atoms with E-state index in [2.05, 4.69) is 10.1 Å². The SMILES string of the molecule is O=c1[nH]cnn2cc(OCCCCl)cc12. The van der Waals surface area contributed by atoms with Crippen molar-refractivity contribution in [3.63, 3.8) is 0 Å². The molecule has 2 heterocycles. The van der Waals surface area contributed by atoms with Crippen LogP contribution in [-0.2, 0) is 0 Å². The molecule has 2 rings (SSSR count). The number of aromatic amines is 1. The van der Waals surface area contributed by atoms with Gasteiger partial charge in [-0.05, 0) is 6.42 Å². The fraction of sp³-hybridized carbons (Fsp3) is 0.333. The second-order valence-corrected chi connectivity index (χ2v) is 3.39. The first-order valence-corrected chi connectivity index (χ1v) is 5.09. The minimum atomic E-state index is -0.183. The number of aromatic nitrogens is 3. The minimum absolute atomic E-state index is 0.183. The fourth-order valence-corrected chi connectivity index (χ4v) is 1.35. The van der Waals surface area contributed by atoms with Gasteiger partial charge in [0.15, 0.2) is 0 Å². The molecule has 80 valence electrons. The highest BCUT2D eigenvalue weighted by atomic mass is 35.5. The van der Waals surface area contributed by atoms with E-state index in [9.17, 15) is 4.79 Å². The normalized spacial score (nSPS) is 10.7. The number of alkyl halides is 1. The topological polar surface area (TPSA) is 59.4 Å². The van der Waals surface area contributed by atoms with E-state index < -0.39 is 0 Å². The van der Waals surface area contributed by atoms with Crippen molar-refractivity contribution in [3.05, 3.63) is 28.9 Å². The lowest BCUT2D eigenvalue weighted by atomic mass is 10.5. The smallest absolute Gasteiger partial charge is 0.275 e. The summed E-state index contributed by atoms with van der Waals surface area (Å²) in [6, 6.07) is 1.65. The third-order valence-corrected chi connectivity index (χ3v) is 2.20. The predicted molar refractivity (Wildman–Crippen MR) is 56.6 cm³/mol. The molecule has 0 spiro atoms. The van der Waals surface area contributed by atoms with Crippen molar-refractivity contribution in [1.82, 2.24) is 14.6 Å². The predicted octanol–water partition coefficient (Wildman–Crippen LogP) is 1.03. The first kappa shape index (κ1) is 10.0. The van der Waals surface area contributed by atoms with Gasteiger partial charge in [-0.15, -0.1) is 11.6 Å². The molecule has 2 aromatic heterocycles. The van der Waals surface area contributed by atoms with E-state index in [4.69, 9.17) is 16.3 Å². The molecular weight excluding hydrogens is 218 g/mol. The Labute approximate surface area is 90.6 Å². The van der Waals surface area contributed by atoms with E-state index in [0.29, 0.717) is 23.8 Å². The molecule has 0 radical (unpaired) electrons. The summed E-state index contributed by atoms with van der Waals surface area (Å²) < 4.78 is 6.87. The maximum absolute atomic E-state index is 11.3. The van der Waals surface area contributed by atoms with E-state index in [1.54, 1.807) is 12.3 Å².